The van der Waals surface area contributed by atoms with E-state index >= 15 is 0 Å². The molecule has 1 aromatic heterocycles. The van der Waals surface area contributed by atoms with E-state index in [0.29, 0.717) is 12.5 Å². The van der Waals surface area contributed by atoms with E-state index in [0.717, 1.165) is 66.3 Å². The van der Waals surface area contributed by atoms with Crippen molar-refractivity contribution < 1.29 is 9.13 Å². The Hall–Kier alpha value is -2.73. The minimum absolute atomic E-state index is 0.120. The third kappa shape index (κ3) is 4.48. The first-order chi connectivity index (χ1) is 14.1. The van der Waals surface area contributed by atoms with Gasteiger partial charge < -0.3 is 15.0 Å². The first kappa shape index (κ1) is 19.6. The fourth-order valence-corrected chi connectivity index (χ4v) is 3.91. The van der Waals surface area contributed by atoms with Crippen LogP contribution < -0.4 is 15.0 Å². The van der Waals surface area contributed by atoms with Gasteiger partial charge in [-0.1, -0.05) is 18.2 Å². The second-order valence-corrected chi connectivity index (χ2v) is 7.55. The van der Waals surface area contributed by atoms with Crippen LogP contribution in [0.2, 0.25) is 0 Å². The van der Waals surface area contributed by atoms with E-state index < -0.39 is 0 Å². The summed E-state index contributed by atoms with van der Waals surface area (Å²) in [6, 6.07) is 13.4. The van der Waals surface area contributed by atoms with Crippen molar-refractivity contribution in [2.24, 2.45) is 0 Å². The molecule has 5 nitrogen and oxygen atoms in total. The third-order valence-electron chi connectivity index (χ3n) is 5.64. The maximum Gasteiger partial charge on any atom is 0.226 e. The second kappa shape index (κ2) is 8.74. The number of nitrogens with one attached hydrogen (secondary N) is 1. The normalized spacial score (nSPS) is 15.1. The number of aromatic nitrogens is 2. The Morgan fingerprint density at radius 2 is 1.93 bits per heavy atom. The molecule has 6 heteroatoms. The predicted molar refractivity (Wildman–Crippen MR) is 114 cm³/mol. The summed E-state index contributed by atoms with van der Waals surface area (Å²) in [6.07, 6.45) is 2.77. The Morgan fingerprint density at radius 1 is 1.14 bits per heavy atom. The summed E-state index contributed by atoms with van der Waals surface area (Å²) < 4.78 is 19.0. The standard InChI is InChI=1S/C23H27FN4O/c1-16-20-15-19(29-2)7-8-22(20)27-23(26-16)28-13-10-18(11-14-28)25-12-9-17-5-3-4-6-21(17)24/h3-8,15,18,25H,9-14H2,1-2H3. The molecule has 29 heavy (non-hydrogen) atoms. The highest BCUT2D eigenvalue weighted by molar-refractivity contribution is 5.83. The molecular weight excluding hydrogens is 367 g/mol. The molecule has 0 spiro atoms. The summed E-state index contributed by atoms with van der Waals surface area (Å²) in [5, 5.41) is 4.60. The number of hydrogen-bond acceptors (Lipinski definition) is 5. The fraction of sp³-hybridized carbons (Fsp3) is 0.391. The highest BCUT2D eigenvalue weighted by Crippen LogP contribution is 2.25. The lowest BCUT2D eigenvalue weighted by Gasteiger charge is -2.32. The topological polar surface area (TPSA) is 50.3 Å². The van der Waals surface area contributed by atoms with Crippen molar-refractivity contribution in [3.05, 3.63) is 59.5 Å². The van der Waals surface area contributed by atoms with Crippen LogP contribution in [-0.2, 0) is 6.42 Å². The average molecular weight is 394 g/mol. The molecule has 0 unspecified atom stereocenters. The number of anilines is 1. The van der Waals surface area contributed by atoms with E-state index in [9.17, 15) is 4.39 Å². The zero-order chi connectivity index (χ0) is 20.2. The van der Waals surface area contributed by atoms with Gasteiger partial charge in [0, 0.05) is 24.5 Å². The number of fused-ring (bicyclic) bond motifs is 1. The van der Waals surface area contributed by atoms with Crippen molar-refractivity contribution in [1.82, 2.24) is 15.3 Å². The van der Waals surface area contributed by atoms with Crippen LogP contribution in [0.1, 0.15) is 24.1 Å². The van der Waals surface area contributed by atoms with Crippen molar-refractivity contribution >= 4 is 16.9 Å². The molecule has 1 N–H and O–H groups in total. The van der Waals surface area contributed by atoms with Crippen molar-refractivity contribution in [3.63, 3.8) is 0 Å². The number of halogens is 1. The summed E-state index contributed by atoms with van der Waals surface area (Å²) in [5.74, 6) is 1.50. The zero-order valence-electron chi connectivity index (χ0n) is 17.0. The van der Waals surface area contributed by atoms with E-state index in [-0.39, 0.29) is 5.82 Å². The Morgan fingerprint density at radius 3 is 2.69 bits per heavy atom. The molecule has 0 amide bonds. The molecule has 0 bridgehead atoms. The van der Waals surface area contributed by atoms with E-state index in [1.165, 1.54) is 6.07 Å². The van der Waals surface area contributed by atoms with Gasteiger partial charge in [-0.3, -0.25) is 0 Å². The van der Waals surface area contributed by atoms with E-state index in [1.54, 1.807) is 13.2 Å². The molecule has 0 atom stereocenters. The molecule has 4 rings (SSSR count). The summed E-state index contributed by atoms with van der Waals surface area (Å²) in [7, 11) is 1.67. The zero-order valence-corrected chi connectivity index (χ0v) is 17.0. The van der Waals surface area contributed by atoms with Gasteiger partial charge in [0.05, 0.1) is 18.3 Å². The molecule has 0 aliphatic carbocycles. The fourth-order valence-electron chi connectivity index (χ4n) is 3.91. The monoisotopic (exact) mass is 394 g/mol. The molecule has 1 fully saturated rings. The van der Waals surface area contributed by atoms with Crippen LogP contribution in [0.5, 0.6) is 5.75 Å². The number of benzene rings is 2. The van der Waals surface area contributed by atoms with Crippen LogP contribution in [0, 0.1) is 12.7 Å². The Kier molecular flexibility index (Phi) is 5.90. The lowest BCUT2D eigenvalue weighted by atomic mass is 10.0. The number of piperidine rings is 1. The van der Waals surface area contributed by atoms with Crippen LogP contribution >= 0.6 is 0 Å². The molecule has 2 aromatic carbocycles. The molecule has 2 heterocycles. The smallest absolute Gasteiger partial charge is 0.226 e. The summed E-state index contributed by atoms with van der Waals surface area (Å²) >= 11 is 0. The minimum atomic E-state index is -0.120. The highest BCUT2D eigenvalue weighted by atomic mass is 19.1. The number of methoxy groups -OCH3 is 1. The number of nitrogens with zero attached hydrogens (tertiary/aromatic N) is 3. The number of aryl methyl sites for hydroxylation is 1. The quantitative estimate of drug-likeness (QED) is 0.687. The molecular formula is C23H27FN4O. The van der Waals surface area contributed by atoms with Gasteiger partial charge in [0.2, 0.25) is 5.95 Å². The van der Waals surface area contributed by atoms with Gasteiger partial charge in [0.25, 0.3) is 0 Å². The molecule has 152 valence electrons. The SMILES string of the molecule is COc1ccc2nc(N3CCC(NCCc4ccccc4F)CC3)nc(C)c2c1. The maximum atomic E-state index is 13.7. The van der Waals surface area contributed by atoms with Gasteiger partial charge >= 0.3 is 0 Å². The average Bonchev–Trinajstić information content (AvgIpc) is 2.75. The van der Waals surface area contributed by atoms with Gasteiger partial charge in [-0.05, 0) is 62.6 Å². The number of rotatable bonds is 6. The molecule has 0 radical (unpaired) electrons. The number of hydrogen-bond donors (Lipinski definition) is 1. The van der Waals surface area contributed by atoms with Crippen LogP contribution in [0.25, 0.3) is 10.9 Å². The summed E-state index contributed by atoms with van der Waals surface area (Å²) in [4.78, 5) is 11.8. The van der Waals surface area contributed by atoms with Gasteiger partial charge in [0.1, 0.15) is 11.6 Å². The van der Waals surface area contributed by atoms with Crippen LogP contribution in [0.3, 0.4) is 0 Å². The largest absolute Gasteiger partial charge is 0.497 e. The molecule has 1 aliphatic heterocycles. The van der Waals surface area contributed by atoms with Crippen LogP contribution in [0.15, 0.2) is 42.5 Å². The predicted octanol–water partition coefficient (Wildman–Crippen LogP) is 3.89. The van der Waals surface area contributed by atoms with Gasteiger partial charge in [-0.15, -0.1) is 0 Å². The van der Waals surface area contributed by atoms with E-state index in [1.807, 2.05) is 37.3 Å². The first-order valence-corrected chi connectivity index (χ1v) is 10.2. The highest BCUT2D eigenvalue weighted by Gasteiger charge is 2.21. The van der Waals surface area contributed by atoms with Crippen molar-refractivity contribution in [2.75, 3.05) is 31.6 Å². The minimum Gasteiger partial charge on any atom is -0.497 e. The van der Waals surface area contributed by atoms with Gasteiger partial charge in [-0.2, -0.15) is 0 Å². The van der Waals surface area contributed by atoms with Crippen molar-refractivity contribution in [3.8, 4) is 5.75 Å². The van der Waals surface area contributed by atoms with E-state index in [2.05, 4.69) is 10.2 Å². The lowest BCUT2D eigenvalue weighted by molar-refractivity contribution is 0.413. The van der Waals surface area contributed by atoms with Crippen molar-refractivity contribution in [2.45, 2.75) is 32.2 Å². The van der Waals surface area contributed by atoms with Crippen molar-refractivity contribution in [1.29, 1.82) is 0 Å². The Balaban J connectivity index is 1.34. The van der Waals surface area contributed by atoms with Gasteiger partial charge in [-0.25, -0.2) is 14.4 Å². The molecule has 1 aliphatic rings. The second-order valence-electron chi connectivity index (χ2n) is 7.55. The molecule has 1 saturated heterocycles. The Labute approximate surface area is 170 Å². The maximum absolute atomic E-state index is 13.7. The summed E-state index contributed by atoms with van der Waals surface area (Å²) in [5.41, 5.74) is 2.68. The summed E-state index contributed by atoms with van der Waals surface area (Å²) in [6.45, 7) is 4.64. The Bertz CT molecular complexity index is 986. The van der Waals surface area contributed by atoms with E-state index in [4.69, 9.17) is 14.7 Å². The molecule has 0 saturated carbocycles. The lowest BCUT2D eigenvalue weighted by Crippen LogP contribution is -2.43. The first-order valence-electron chi connectivity index (χ1n) is 10.2. The van der Waals surface area contributed by atoms with Gasteiger partial charge in [0.15, 0.2) is 0 Å². The molecule has 3 aromatic rings. The van der Waals surface area contributed by atoms with Crippen LogP contribution in [0.4, 0.5) is 10.3 Å². The third-order valence-corrected chi connectivity index (χ3v) is 5.64. The number of ether oxygens (including phenoxy) is 1. The van der Waals surface area contributed by atoms with Crippen LogP contribution in [-0.4, -0.2) is 42.8 Å².